The smallest absolute Gasteiger partial charge is 0.257 e. The summed E-state index contributed by atoms with van der Waals surface area (Å²) in [4.78, 5) is 26.6. The average Bonchev–Trinajstić information content (AvgIpc) is 2.86. The number of anilines is 2. The molecule has 9 heteroatoms. The fourth-order valence-electron chi connectivity index (χ4n) is 3.31. The number of thioether (sulfide) groups is 1. The first-order valence-corrected chi connectivity index (χ1v) is 12.7. The van der Waals surface area contributed by atoms with Crippen molar-refractivity contribution in [2.75, 3.05) is 10.6 Å². The molecule has 1 unspecified atom stereocenters. The Kier molecular flexibility index (Phi) is 8.54. The molecular formula is C27H18Cl3FN2O2S. The van der Waals surface area contributed by atoms with Crippen LogP contribution < -0.4 is 10.6 Å². The first-order chi connectivity index (χ1) is 17.3. The van der Waals surface area contributed by atoms with Gasteiger partial charge in [-0.15, -0.1) is 11.8 Å². The molecule has 0 aliphatic carbocycles. The number of amides is 2. The van der Waals surface area contributed by atoms with E-state index in [1.807, 2.05) is 42.5 Å². The van der Waals surface area contributed by atoms with Crippen LogP contribution in [0.2, 0.25) is 15.1 Å². The first-order valence-electron chi connectivity index (χ1n) is 10.6. The molecule has 2 N–H and O–H groups in total. The molecule has 0 spiro atoms. The number of carbonyl (C=O) groups is 2. The summed E-state index contributed by atoms with van der Waals surface area (Å²) < 4.78 is 13.5. The molecule has 2 amide bonds. The van der Waals surface area contributed by atoms with Crippen LogP contribution in [0.4, 0.5) is 15.8 Å². The molecule has 1 atom stereocenters. The van der Waals surface area contributed by atoms with Crippen molar-refractivity contribution in [2.45, 2.75) is 10.1 Å². The summed E-state index contributed by atoms with van der Waals surface area (Å²) in [6.45, 7) is 0. The Morgan fingerprint density at radius 1 is 0.750 bits per heavy atom. The lowest BCUT2D eigenvalue weighted by Crippen LogP contribution is -2.19. The zero-order chi connectivity index (χ0) is 25.7. The summed E-state index contributed by atoms with van der Waals surface area (Å²) in [5, 5.41) is 5.63. The Hall–Kier alpha value is -3.03. The van der Waals surface area contributed by atoms with Gasteiger partial charge in [-0.05, 0) is 66.2 Å². The molecule has 0 saturated heterocycles. The van der Waals surface area contributed by atoms with Crippen molar-refractivity contribution in [3.63, 3.8) is 0 Å². The SMILES string of the molecule is O=C(Nc1ccc(SC(C(=O)Nc2ccc(F)c(Cl)c2)c2ccccc2)cc1)c1ccc(Cl)cc1Cl. The van der Waals surface area contributed by atoms with Crippen LogP contribution in [0.1, 0.15) is 21.2 Å². The van der Waals surface area contributed by atoms with Crippen LogP contribution >= 0.6 is 46.6 Å². The maximum atomic E-state index is 13.5. The summed E-state index contributed by atoms with van der Waals surface area (Å²) in [6.07, 6.45) is 0. The third kappa shape index (κ3) is 6.59. The Morgan fingerprint density at radius 2 is 1.44 bits per heavy atom. The Bertz CT molecular complexity index is 1400. The van der Waals surface area contributed by atoms with E-state index < -0.39 is 11.1 Å². The van der Waals surface area contributed by atoms with Gasteiger partial charge in [-0.1, -0.05) is 65.1 Å². The molecule has 0 heterocycles. The standard InChI is InChI=1S/C27H18Cl3FN2O2S/c28-17-6-12-21(22(29)14-17)26(34)32-18-7-10-20(11-8-18)36-25(16-4-2-1-3-5-16)27(35)33-19-9-13-24(31)23(30)15-19/h1-15,25H,(H,32,34)(H,33,35). The predicted octanol–water partition coefficient (Wildman–Crippen LogP) is 8.51. The van der Waals surface area contributed by atoms with E-state index in [9.17, 15) is 14.0 Å². The topological polar surface area (TPSA) is 58.2 Å². The highest BCUT2D eigenvalue weighted by atomic mass is 35.5. The average molecular weight is 560 g/mol. The van der Waals surface area contributed by atoms with Gasteiger partial charge in [-0.3, -0.25) is 9.59 Å². The number of nitrogens with one attached hydrogen (secondary N) is 2. The maximum Gasteiger partial charge on any atom is 0.257 e. The third-order valence-electron chi connectivity index (χ3n) is 5.07. The molecule has 36 heavy (non-hydrogen) atoms. The Balaban J connectivity index is 1.49. The highest BCUT2D eigenvalue weighted by Gasteiger charge is 2.22. The minimum absolute atomic E-state index is 0.0748. The molecule has 0 fully saturated rings. The summed E-state index contributed by atoms with van der Waals surface area (Å²) in [5.74, 6) is -1.21. The zero-order valence-corrected chi connectivity index (χ0v) is 21.6. The van der Waals surface area contributed by atoms with Crippen LogP contribution in [0, 0.1) is 5.82 Å². The molecule has 4 aromatic rings. The minimum atomic E-state index is -0.594. The van der Waals surface area contributed by atoms with Crippen molar-refractivity contribution in [1.82, 2.24) is 0 Å². The van der Waals surface area contributed by atoms with Gasteiger partial charge in [0.05, 0.1) is 15.6 Å². The number of hydrogen-bond donors (Lipinski definition) is 2. The number of carbonyl (C=O) groups excluding carboxylic acids is 2. The second kappa shape index (κ2) is 11.8. The molecular weight excluding hydrogens is 542 g/mol. The summed E-state index contributed by atoms with van der Waals surface area (Å²) >= 11 is 19.2. The van der Waals surface area contributed by atoms with E-state index in [4.69, 9.17) is 34.8 Å². The molecule has 0 saturated carbocycles. The lowest BCUT2D eigenvalue weighted by Gasteiger charge is -2.17. The van der Waals surface area contributed by atoms with Crippen LogP contribution in [0.15, 0.2) is 95.9 Å². The monoisotopic (exact) mass is 558 g/mol. The molecule has 4 aromatic carbocycles. The van der Waals surface area contributed by atoms with E-state index in [1.54, 1.807) is 24.3 Å². The maximum absolute atomic E-state index is 13.5. The van der Waals surface area contributed by atoms with E-state index in [0.717, 1.165) is 10.5 Å². The third-order valence-corrected chi connectivity index (χ3v) is 7.17. The van der Waals surface area contributed by atoms with Gasteiger partial charge < -0.3 is 10.6 Å². The summed E-state index contributed by atoms with van der Waals surface area (Å²) in [6, 6.07) is 25.1. The van der Waals surface area contributed by atoms with E-state index in [-0.39, 0.29) is 21.9 Å². The lowest BCUT2D eigenvalue weighted by molar-refractivity contribution is -0.115. The van der Waals surface area contributed by atoms with Gasteiger partial charge in [0.2, 0.25) is 5.91 Å². The fourth-order valence-corrected chi connectivity index (χ4v) is 5.01. The van der Waals surface area contributed by atoms with Crippen LogP contribution in [0.25, 0.3) is 0 Å². The van der Waals surface area contributed by atoms with Crippen LogP contribution in [0.3, 0.4) is 0 Å². The van der Waals surface area contributed by atoms with Crippen molar-refractivity contribution in [1.29, 1.82) is 0 Å². The lowest BCUT2D eigenvalue weighted by atomic mass is 10.1. The molecule has 182 valence electrons. The number of benzene rings is 4. The van der Waals surface area contributed by atoms with Crippen LogP contribution in [0.5, 0.6) is 0 Å². The van der Waals surface area contributed by atoms with Crippen LogP contribution in [-0.4, -0.2) is 11.8 Å². The second-order valence-corrected chi connectivity index (χ2v) is 10.1. The minimum Gasteiger partial charge on any atom is -0.325 e. The normalized spacial score (nSPS) is 11.6. The number of halogens is 4. The molecule has 0 aromatic heterocycles. The van der Waals surface area contributed by atoms with Gasteiger partial charge in [0, 0.05) is 21.3 Å². The van der Waals surface area contributed by atoms with Crippen molar-refractivity contribution in [2.24, 2.45) is 0 Å². The molecule has 0 radical (unpaired) electrons. The molecule has 0 aliphatic heterocycles. The zero-order valence-electron chi connectivity index (χ0n) is 18.5. The molecule has 0 bridgehead atoms. The Labute approximate surface area is 226 Å². The van der Waals surface area contributed by atoms with Gasteiger partial charge in [0.15, 0.2) is 0 Å². The van der Waals surface area contributed by atoms with Gasteiger partial charge in [-0.2, -0.15) is 0 Å². The summed E-state index contributed by atoms with van der Waals surface area (Å²) in [5.41, 5.74) is 2.06. The quantitative estimate of drug-likeness (QED) is 0.223. The largest absolute Gasteiger partial charge is 0.325 e. The van der Waals surface area contributed by atoms with E-state index in [2.05, 4.69) is 10.6 Å². The van der Waals surface area contributed by atoms with Gasteiger partial charge in [-0.25, -0.2) is 4.39 Å². The van der Waals surface area contributed by atoms with E-state index >= 15 is 0 Å². The van der Waals surface area contributed by atoms with Crippen molar-refractivity contribution in [3.05, 3.63) is 123 Å². The molecule has 4 nitrogen and oxygen atoms in total. The summed E-state index contributed by atoms with van der Waals surface area (Å²) in [7, 11) is 0. The highest BCUT2D eigenvalue weighted by Crippen LogP contribution is 2.37. The van der Waals surface area contributed by atoms with Gasteiger partial charge in [0.1, 0.15) is 11.1 Å². The van der Waals surface area contributed by atoms with Crippen molar-refractivity contribution in [3.8, 4) is 0 Å². The second-order valence-electron chi connectivity index (χ2n) is 7.63. The van der Waals surface area contributed by atoms with E-state index in [0.29, 0.717) is 22.0 Å². The van der Waals surface area contributed by atoms with Crippen LogP contribution in [-0.2, 0) is 4.79 Å². The predicted molar refractivity (Wildman–Crippen MR) is 146 cm³/mol. The van der Waals surface area contributed by atoms with Crippen molar-refractivity contribution >= 4 is 69.8 Å². The van der Waals surface area contributed by atoms with E-state index in [1.165, 1.54) is 36.0 Å². The van der Waals surface area contributed by atoms with Gasteiger partial charge >= 0.3 is 0 Å². The van der Waals surface area contributed by atoms with Crippen molar-refractivity contribution < 1.29 is 14.0 Å². The molecule has 0 aliphatic rings. The number of rotatable bonds is 7. The number of hydrogen-bond acceptors (Lipinski definition) is 3. The first kappa shape index (κ1) is 26.0. The fraction of sp³-hybridized carbons (Fsp3) is 0.0370. The molecule has 4 rings (SSSR count). The Morgan fingerprint density at radius 3 is 2.11 bits per heavy atom. The highest BCUT2D eigenvalue weighted by molar-refractivity contribution is 8.00. The van der Waals surface area contributed by atoms with Gasteiger partial charge in [0.25, 0.3) is 5.91 Å².